The maximum atomic E-state index is 11.2. The Morgan fingerprint density at radius 2 is 2.00 bits per heavy atom. The number of esters is 1. The second kappa shape index (κ2) is 7.79. The molecule has 0 aromatic rings. The first kappa shape index (κ1) is 18.0. The highest BCUT2D eigenvalue weighted by Crippen LogP contribution is 2.51. The van der Waals surface area contributed by atoms with Gasteiger partial charge >= 0.3 is 5.97 Å². The van der Waals surface area contributed by atoms with Crippen LogP contribution in [0.4, 0.5) is 0 Å². The molecular weight excluding hydrogens is 264 g/mol. The van der Waals surface area contributed by atoms with Crippen LogP contribution in [0.1, 0.15) is 53.9 Å². The number of methoxy groups -OCH3 is 1. The average molecular weight is 294 g/mol. The number of fused-ring (bicyclic) bond motifs is 2. The van der Waals surface area contributed by atoms with Crippen LogP contribution in [0, 0.1) is 11.3 Å². The minimum absolute atomic E-state index is 0.241. The van der Waals surface area contributed by atoms with Crippen molar-refractivity contribution in [3.8, 4) is 0 Å². The van der Waals surface area contributed by atoms with E-state index in [0.29, 0.717) is 18.1 Å². The van der Waals surface area contributed by atoms with Crippen molar-refractivity contribution in [3.63, 3.8) is 0 Å². The summed E-state index contributed by atoms with van der Waals surface area (Å²) in [5.74, 6) is 0.233. The number of hydrogen-bond donors (Lipinski definition) is 0. The van der Waals surface area contributed by atoms with Crippen molar-refractivity contribution >= 4 is 5.97 Å². The summed E-state index contributed by atoms with van der Waals surface area (Å²) < 4.78 is 10.6. The summed E-state index contributed by atoms with van der Waals surface area (Å²) in [5, 5.41) is 0. The van der Waals surface area contributed by atoms with Crippen molar-refractivity contribution in [2.24, 2.45) is 11.3 Å². The Hall–Kier alpha value is -1.09. The molecule has 4 atom stereocenters. The van der Waals surface area contributed by atoms with E-state index in [1.807, 2.05) is 26.8 Å². The van der Waals surface area contributed by atoms with Crippen LogP contribution < -0.4 is 0 Å². The van der Waals surface area contributed by atoms with E-state index >= 15 is 0 Å². The second-order valence-corrected chi connectivity index (χ2v) is 6.06. The molecule has 1 aliphatic carbocycles. The van der Waals surface area contributed by atoms with Crippen LogP contribution in [-0.2, 0) is 14.3 Å². The van der Waals surface area contributed by atoms with Crippen LogP contribution in [0.3, 0.4) is 0 Å². The number of carbonyl (C=O) groups excluding carboxylic acids is 1. The predicted molar refractivity (Wildman–Crippen MR) is 86.0 cm³/mol. The van der Waals surface area contributed by atoms with Gasteiger partial charge in [-0.3, -0.25) is 0 Å². The van der Waals surface area contributed by atoms with Crippen LogP contribution in [0.15, 0.2) is 23.8 Å². The summed E-state index contributed by atoms with van der Waals surface area (Å²) in [6.45, 7) is 10.4. The minimum Gasteiger partial charge on any atom is -0.466 e. The van der Waals surface area contributed by atoms with Gasteiger partial charge in [-0.25, -0.2) is 4.79 Å². The Bertz CT molecular complexity index is 411. The molecular formula is C18H30O3. The Morgan fingerprint density at radius 1 is 1.33 bits per heavy atom. The fraction of sp³-hybridized carbons (Fsp3) is 0.722. The molecule has 0 N–H and O–H groups in total. The van der Waals surface area contributed by atoms with Crippen molar-refractivity contribution in [1.82, 2.24) is 0 Å². The molecule has 1 aliphatic heterocycles. The van der Waals surface area contributed by atoms with Crippen molar-refractivity contribution in [3.05, 3.63) is 23.8 Å². The van der Waals surface area contributed by atoms with Gasteiger partial charge in [0.15, 0.2) is 0 Å². The Labute approximate surface area is 129 Å². The fourth-order valence-corrected chi connectivity index (χ4v) is 3.34. The molecule has 0 aromatic heterocycles. The summed E-state index contributed by atoms with van der Waals surface area (Å²) in [4.78, 5) is 11.2. The highest BCUT2D eigenvalue weighted by Gasteiger charge is 2.49. The van der Waals surface area contributed by atoms with E-state index in [4.69, 9.17) is 4.74 Å². The summed E-state index contributed by atoms with van der Waals surface area (Å²) in [6.07, 6.45) is 10.1. The zero-order valence-corrected chi connectivity index (χ0v) is 14.3. The number of hydrogen-bond acceptors (Lipinski definition) is 3. The summed E-state index contributed by atoms with van der Waals surface area (Å²) in [7, 11) is 1.40. The average Bonchev–Trinajstić information content (AvgIpc) is 2.70. The number of rotatable bonds is 3. The molecule has 0 aromatic carbocycles. The summed E-state index contributed by atoms with van der Waals surface area (Å²) in [5.41, 5.74) is 1.18. The first-order chi connectivity index (χ1) is 9.95. The predicted octanol–water partition coefficient (Wildman–Crippen LogP) is 4.28. The van der Waals surface area contributed by atoms with Crippen molar-refractivity contribution < 1.29 is 14.3 Å². The summed E-state index contributed by atoms with van der Waals surface area (Å²) in [6, 6.07) is 0. The third-order valence-corrected chi connectivity index (χ3v) is 4.78. The molecule has 0 amide bonds. The van der Waals surface area contributed by atoms with E-state index in [9.17, 15) is 4.79 Å². The number of ether oxygens (including phenoxy) is 2. The second-order valence-electron chi connectivity index (χ2n) is 6.06. The third kappa shape index (κ3) is 4.19. The van der Waals surface area contributed by atoms with Crippen molar-refractivity contribution in [2.75, 3.05) is 7.11 Å². The molecule has 2 bridgehead atoms. The van der Waals surface area contributed by atoms with Gasteiger partial charge < -0.3 is 9.47 Å². The maximum absolute atomic E-state index is 11.2. The lowest BCUT2D eigenvalue weighted by Gasteiger charge is -2.37. The topological polar surface area (TPSA) is 35.5 Å². The van der Waals surface area contributed by atoms with E-state index in [1.54, 1.807) is 0 Å². The molecule has 2 rings (SSSR count). The van der Waals surface area contributed by atoms with Gasteiger partial charge in [-0.2, -0.15) is 0 Å². The summed E-state index contributed by atoms with van der Waals surface area (Å²) >= 11 is 0. The van der Waals surface area contributed by atoms with E-state index in [-0.39, 0.29) is 11.4 Å². The number of allylic oxidation sites excluding steroid dienone is 3. The van der Waals surface area contributed by atoms with E-state index in [2.05, 4.69) is 24.7 Å². The lowest BCUT2D eigenvalue weighted by Crippen LogP contribution is -2.34. The van der Waals surface area contributed by atoms with E-state index < -0.39 is 0 Å². The molecule has 2 aliphatic rings. The van der Waals surface area contributed by atoms with Crippen LogP contribution in [0.5, 0.6) is 0 Å². The largest absolute Gasteiger partial charge is 0.466 e. The smallest absolute Gasteiger partial charge is 0.330 e. The van der Waals surface area contributed by atoms with Gasteiger partial charge in [0, 0.05) is 11.5 Å². The minimum atomic E-state index is -0.297. The van der Waals surface area contributed by atoms with Gasteiger partial charge in [0.25, 0.3) is 0 Å². The van der Waals surface area contributed by atoms with Crippen LogP contribution in [0.25, 0.3) is 0 Å². The highest BCUT2D eigenvalue weighted by molar-refractivity contribution is 5.83. The van der Waals surface area contributed by atoms with Gasteiger partial charge in [-0.15, -0.1) is 0 Å². The molecule has 21 heavy (non-hydrogen) atoms. The van der Waals surface area contributed by atoms with E-state index in [1.165, 1.54) is 19.6 Å². The third-order valence-electron chi connectivity index (χ3n) is 4.78. The Balaban J connectivity index is 0.00000106. The number of carbonyl (C=O) groups is 1. The molecule has 0 spiro atoms. The fourth-order valence-electron chi connectivity index (χ4n) is 3.34. The lowest BCUT2D eigenvalue weighted by atomic mass is 9.66. The van der Waals surface area contributed by atoms with E-state index in [0.717, 1.165) is 18.4 Å². The van der Waals surface area contributed by atoms with Crippen LogP contribution >= 0.6 is 0 Å². The monoisotopic (exact) mass is 294 g/mol. The molecule has 120 valence electrons. The lowest BCUT2D eigenvalue weighted by molar-refractivity contribution is -0.134. The van der Waals surface area contributed by atoms with Gasteiger partial charge in [0.2, 0.25) is 0 Å². The van der Waals surface area contributed by atoms with Gasteiger partial charge in [0.05, 0.1) is 19.3 Å². The molecule has 4 unspecified atom stereocenters. The zero-order valence-electron chi connectivity index (χ0n) is 14.3. The zero-order chi connectivity index (χ0) is 16.0. The van der Waals surface area contributed by atoms with Gasteiger partial charge in [-0.05, 0) is 44.6 Å². The molecule has 3 heteroatoms. The molecule has 1 saturated heterocycles. The molecule has 1 saturated carbocycles. The van der Waals surface area contributed by atoms with Crippen molar-refractivity contribution in [1.29, 1.82) is 0 Å². The standard InChI is InChI=1S/C16H24O3.C2H6/c1-11(9-15(17)18-4)5-6-13-7-8-14-10-16(13,3)12(2)19-14;1-2/h5-6,9,12-14H,7-8,10H2,1-4H3;1-2H3/b6-5+,11-9+;. The molecule has 2 fully saturated rings. The van der Waals surface area contributed by atoms with Gasteiger partial charge in [-0.1, -0.05) is 32.9 Å². The first-order valence-corrected chi connectivity index (χ1v) is 8.05. The molecule has 1 heterocycles. The Morgan fingerprint density at radius 3 is 2.62 bits per heavy atom. The first-order valence-electron chi connectivity index (χ1n) is 8.05. The normalized spacial score (nSPS) is 35.3. The molecule has 3 nitrogen and oxygen atoms in total. The van der Waals surface area contributed by atoms with Crippen molar-refractivity contribution in [2.45, 2.75) is 66.1 Å². The maximum Gasteiger partial charge on any atom is 0.330 e. The van der Waals surface area contributed by atoms with Crippen LogP contribution in [-0.4, -0.2) is 25.3 Å². The van der Waals surface area contributed by atoms with Gasteiger partial charge in [0.1, 0.15) is 0 Å². The SMILES string of the molecule is CC.COC(=O)/C=C(C)/C=C/C1CCC2CC1(C)C(C)O2. The Kier molecular flexibility index (Phi) is 6.66. The quantitative estimate of drug-likeness (QED) is 0.443. The molecule has 0 radical (unpaired) electrons. The highest BCUT2D eigenvalue weighted by atomic mass is 16.5. The van der Waals surface area contributed by atoms with Crippen LogP contribution in [0.2, 0.25) is 0 Å².